The van der Waals surface area contributed by atoms with E-state index in [1.54, 1.807) is 0 Å². The van der Waals surface area contributed by atoms with E-state index in [9.17, 15) is 0 Å². The highest BCUT2D eigenvalue weighted by Crippen LogP contribution is 2.52. The summed E-state index contributed by atoms with van der Waals surface area (Å²) in [6.45, 7) is 36.0. The van der Waals surface area contributed by atoms with Gasteiger partial charge in [0.15, 0.2) is 0 Å². The molecule has 0 radical (unpaired) electrons. The predicted molar refractivity (Wildman–Crippen MR) is 251 cm³/mol. The standard InChI is InChI=1S/C53H63N5O/c1-32(2)47(33(3)4)53(14)52(12,13)58(48-35(6)19-18-20-36(48)7)50(56-53)39-26-38(45-21-16-17-24-55-45)27-42(28-39)59-43-30-40(51(9,10)11)29-41(31-43)57-46-23-22-34(5)25-44(46)37(8)49(57)54-15/h16-33,47H,15H2,1-14H3/t53-/m1/s1. The van der Waals surface area contributed by atoms with E-state index >= 15 is 0 Å². The van der Waals surface area contributed by atoms with Gasteiger partial charge in [0.1, 0.15) is 23.2 Å². The van der Waals surface area contributed by atoms with Crippen LogP contribution in [0.1, 0.15) is 103 Å². The van der Waals surface area contributed by atoms with Gasteiger partial charge < -0.3 is 9.64 Å². The highest BCUT2D eigenvalue weighted by Gasteiger charge is 2.58. The van der Waals surface area contributed by atoms with E-state index in [0.29, 0.717) is 23.5 Å². The van der Waals surface area contributed by atoms with Crippen molar-refractivity contribution in [1.29, 1.82) is 0 Å². The molecule has 6 heteroatoms. The Morgan fingerprint density at radius 2 is 1.41 bits per heavy atom. The molecule has 3 heterocycles. The van der Waals surface area contributed by atoms with Crippen molar-refractivity contribution in [2.75, 3.05) is 4.90 Å². The lowest BCUT2D eigenvalue weighted by Gasteiger charge is -2.50. The second kappa shape index (κ2) is 15.3. The molecular weight excluding hydrogens is 723 g/mol. The third kappa shape index (κ3) is 7.30. The summed E-state index contributed by atoms with van der Waals surface area (Å²) in [5.41, 5.74) is 11.1. The van der Waals surface area contributed by atoms with Crippen molar-refractivity contribution in [2.24, 2.45) is 27.7 Å². The van der Waals surface area contributed by atoms with Crippen LogP contribution in [-0.2, 0) is 5.41 Å². The minimum Gasteiger partial charge on any atom is -0.457 e. The van der Waals surface area contributed by atoms with E-state index in [2.05, 4.69) is 197 Å². The van der Waals surface area contributed by atoms with Gasteiger partial charge in [-0.2, -0.15) is 0 Å². The number of pyridine rings is 1. The Hall–Kier alpha value is -5.49. The third-order valence-corrected chi connectivity index (χ3v) is 13.0. The molecule has 6 nitrogen and oxygen atoms in total. The largest absolute Gasteiger partial charge is 0.457 e. The Kier molecular flexibility index (Phi) is 10.8. The smallest absolute Gasteiger partial charge is 0.140 e. The van der Waals surface area contributed by atoms with Crippen molar-refractivity contribution >= 4 is 35.0 Å². The summed E-state index contributed by atoms with van der Waals surface area (Å²) in [6, 6.07) is 32.3. The molecule has 6 aromatic rings. The molecule has 306 valence electrons. The summed E-state index contributed by atoms with van der Waals surface area (Å²) in [6.07, 6.45) is 1.85. The number of hydrogen-bond acceptors (Lipinski definition) is 5. The van der Waals surface area contributed by atoms with Crippen LogP contribution < -0.4 is 9.64 Å². The molecule has 2 aromatic heterocycles. The van der Waals surface area contributed by atoms with Gasteiger partial charge in [-0.3, -0.25) is 14.5 Å². The van der Waals surface area contributed by atoms with Crippen LogP contribution in [0.25, 0.3) is 27.8 Å². The van der Waals surface area contributed by atoms with Crippen LogP contribution in [-0.4, -0.2) is 33.2 Å². The van der Waals surface area contributed by atoms with Crippen molar-refractivity contribution in [3.63, 3.8) is 0 Å². The zero-order valence-electron chi connectivity index (χ0n) is 37.8. The minimum atomic E-state index is -0.412. The van der Waals surface area contributed by atoms with E-state index in [0.717, 1.165) is 56.6 Å². The van der Waals surface area contributed by atoms with E-state index in [-0.39, 0.29) is 11.0 Å². The Balaban J connectivity index is 1.47. The first-order valence-electron chi connectivity index (χ1n) is 21.2. The van der Waals surface area contributed by atoms with Gasteiger partial charge in [0.2, 0.25) is 0 Å². The average molecular weight is 786 g/mol. The zero-order valence-corrected chi connectivity index (χ0v) is 37.8. The molecule has 1 aliphatic rings. The summed E-state index contributed by atoms with van der Waals surface area (Å²) in [4.78, 5) is 17.8. The number of aliphatic imine (C=N–C) groups is 2. The Morgan fingerprint density at radius 1 is 0.746 bits per heavy atom. The van der Waals surface area contributed by atoms with Crippen LogP contribution in [0.3, 0.4) is 0 Å². The first-order chi connectivity index (χ1) is 27.8. The van der Waals surface area contributed by atoms with Crippen LogP contribution in [0.15, 0.2) is 107 Å². The lowest BCUT2D eigenvalue weighted by Crippen LogP contribution is -2.60. The maximum Gasteiger partial charge on any atom is 0.140 e. The number of nitrogens with zero attached hydrogens (tertiary/aromatic N) is 5. The Morgan fingerprint density at radius 3 is 2.02 bits per heavy atom. The molecule has 0 saturated carbocycles. The predicted octanol–water partition coefficient (Wildman–Crippen LogP) is 14.1. The number of ether oxygens (including phenoxy) is 1. The Labute approximate surface area is 353 Å². The molecule has 0 unspecified atom stereocenters. The molecule has 0 aliphatic carbocycles. The van der Waals surface area contributed by atoms with Crippen molar-refractivity contribution in [3.8, 4) is 28.4 Å². The van der Waals surface area contributed by atoms with Gasteiger partial charge in [0.05, 0.1) is 28.0 Å². The number of anilines is 1. The molecule has 1 atom stereocenters. The van der Waals surface area contributed by atoms with Gasteiger partial charge in [0.25, 0.3) is 0 Å². The quantitative estimate of drug-likeness (QED) is 0.130. The molecule has 0 saturated heterocycles. The minimum absolute atomic E-state index is 0.157. The maximum absolute atomic E-state index is 7.11. The number of amidine groups is 1. The fourth-order valence-electron chi connectivity index (χ4n) is 9.99. The fraction of sp³-hybridized carbons (Fsp3) is 0.377. The Bertz CT molecular complexity index is 2560. The molecule has 7 rings (SSSR count). The third-order valence-electron chi connectivity index (χ3n) is 13.0. The molecule has 0 spiro atoms. The summed E-state index contributed by atoms with van der Waals surface area (Å²) < 4.78 is 9.32. The normalized spacial score (nSPS) is 16.8. The number of aromatic nitrogens is 2. The van der Waals surface area contributed by atoms with E-state index in [4.69, 9.17) is 14.7 Å². The van der Waals surface area contributed by atoms with Crippen LogP contribution in [0.4, 0.5) is 11.5 Å². The topological polar surface area (TPSA) is 55.0 Å². The van der Waals surface area contributed by atoms with E-state index in [1.165, 1.54) is 27.8 Å². The molecule has 0 fully saturated rings. The van der Waals surface area contributed by atoms with Crippen molar-refractivity contribution in [3.05, 3.63) is 131 Å². The highest BCUT2D eigenvalue weighted by molar-refractivity contribution is 6.14. The summed E-state index contributed by atoms with van der Waals surface area (Å²) in [5.74, 6) is 4.40. The summed E-state index contributed by atoms with van der Waals surface area (Å²) in [5, 5.41) is 1.17. The number of para-hydroxylation sites is 1. The molecule has 4 aromatic carbocycles. The summed E-state index contributed by atoms with van der Waals surface area (Å²) in [7, 11) is 0. The number of rotatable bonds is 10. The maximum atomic E-state index is 7.11. The number of benzene rings is 4. The van der Waals surface area contributed by atoms with E-state index < -0.39 is 5.54 Å². The SMILES string of the molecule is C=Nc1c(C)c2cc(C)ccc2n1-c1cc(Oc2cc(C3=N[C@](C)(C(C(C)C)C(C)C)C(C)(C)N3c3c(C)cccc3C)cc(-c3ccccn3)c2)cc(C(C)(C)C)c1. The zero-order chi connectivity index (χ0) is 42.8. The van der Waals surface area contributed by atoms with Crippen LogP contribution in [0.2, 0.25) is 0 Å². The molecule has 59 heavy (non-hydrogen) atoms. The molecule has 0 N–H and O–H groups in total. The van der Waals surface area contributed by atoms with Crippen LogP contribution >= 0.6 is 0 Å². The van der Waals surface area contributed by atoms with Gasteiger partial charge in [0, 0.05) is 40.0 Å². The second-order valence-corrected chi connectivity index (χ2v) is 19.2. The first-order valence-corrected chi connectivity index (χ1v) is 21.2. The second-order valence-electron chi connectivity index (χ2n) is 19.2. The van der Waals surface area contributed by atoms with Gasteiger partial charge in [-0.05, 0) is 150 Å². The molecule has 0 amide bonds. The first kappa shape index (κ1) is 41.7. The average Bonchev–Trinajstić information content (AvgIpc) is 3.56. The lowest BCUT2D eigenvalue weighted by atomic mass is 9.64. The van der Waals surface area contributed by atoms with Crippen molar-refractivity contribution in [2.45, 2.75) is 113 Å². The molecular formula is C53H63N5O. The van der Waals surface area contributed by atoms with Gasteiger partial charge in [-0.25, -0.2) is 4.99 Å². The van der Waals surface area contributed by atoms with Crippen LogP contribution in [0, 0.1) is 45.4 Å². The van der Waals surface area contributed by atoms with E-state index in [1.807, 2.05) is 18.3 Å². The van der Waals surface area contributed by atoms with Crippen LogP contribution in [0.5, 0.6) is 11.5 Å². The molecule has 1 aliphatic heterocycles. The highest BCUT2D eigenvalue weighted by atomic mass is 16.5. The monoisotopic (exact) mass is 786 g/mol. The van der Waals surface area contributed by atoms with Gasteiger partial charge >= 0.3 is 0 Å². The summed E-state index contributed by atoms with van der Waals surface area (Å²) >= 11 is 0. The lowest BCUT2D eigenvalue weighted by molar-refractivity contribution is 0.116. The molecule has 0 bridgehead atoms. The van der Waals surface area contributed by atoms with Crippen molar-refractivity contribution < 1.29 is 4.74 Å². The number of fused-ring (bicyclic) bond motifs is 1. The van der Waals surface area contributed by atoms with Gasteiger partial charge in [-0.1, -0.05) is 84.4 Å². The number of aryl methyl sites for hydroxylation is 4. The van der Waals surface area contributed by atoms with Crippen molar-refractivity contribution in [1.82, 2.24) is 9.55 Å². The van der Waals surface area contributed by atoms with Gasteiger partial charge in [-0.15, -0.1) is 0 Å². The number of hydrogen-bond donors (Lipinski definition) is 0. The fourth-order valence-corrected chi connectivity index (χ4v) is 9.99.